The van der Waals surface area contributed by atoms with E-state index in [1.165, 1.54) is 25.7 Å². The summed E-state index contributed by atoms with van der Waals surface area (Å²) in [6.07, 6.45) is 8.04. The number of hydrogen-bond acceptors (Lipinski definition) is 4. The highest BCUT2D eigenvalue weighted by Crippen LogP contribution is 2.26. The van der Waals surface area contributed by atoms with Crippen LogP contribution in [-0.4, -0.2) is 29.6 Å². The first-order chi connectivity index (χ1) is 8.31. The normalized spacial score (nSPS) is 16.1. The van der Waals surface area contributed by atoms with Crippen molar-refractivity contribution in [3.05, 3.63) is 12.4 Å². The lowest BCUT2D eigenvalue weighted by Gasteiger charge is -2.25. The summed E-state index contributed by atoms with van der Waals surface area (Å²) >= 11 is 0. The molecule has 2 rings (SSSR count). The van der Waals surface area contributed by atoms with Gasteiger partial charge in [0.05, 0.1) is 0 Å². The van der Waals surface area contributed by atoms with E-state index < -0.39 is 0 Å². The molecule has 0 unspecified atom stereocenters. The number of anilines is 2. The van der Waals surface area contributed by atoms with Gasteiger partial charge in [0.15, 0.2) is 0 Å². The van der Waals surface area contributed by atoms with Crippen molar-refractivity contribution < 1.29 is 0 Å². The second-order valence-corrected chi connectivity index (χ2v) is 4.74. The summed E-state index contributed by atoms with van der Waals surface area (Å²) in [7, 11) is 2.14. The Kier molecular flexibility index (Phi) is 4.18. The molecule has 1 fully saturated rings. The van der Waals surface area contributed by atoms with E-state index >= 15 is 0 Å². The molecule has 94 valence electrons. The molecule has 0 aliphatic heterocycles. The zero-order chi connectivity index (χ0) is 12.1. The highest BCUT2D eigenvalue weighted by molar-refractivity contribution is 5.48. The maximum atomic E-state index is 4.37. The summed E-state index contributed by atoms with van der Waals surface area (Å²) in [6, 6.07) is 2.71. The minimum atomic E-state index is 0.656. The first-order valence-electron chi connectivity index (χ1n) is 6.60. The highest BCUT2D eigenvalue weighted by Gasteiger charge is 2.20. The Morgan fingerprint density at radius 3 is 2.82 bits per heavy atom. The SMILES string of the molecule is CCCNc1cc(N(C)C2CCCC2)ncn1. The smallest absolute Gasteiger partial charge is 0.134 e. The van der Waals surface area contributed by atoms with Crippen LogP contribution in [0.25, 0.3) is 0 Å². The number of rotatable bonds is 5. The van der Waals surface area contributed by atoms with Crippen LogP contribution in [0.1, 0.15) is 39.0 Å². The fourth-order valence-electron chi connectivity index (χ4n) is 2.37. The summed E-state index contributed by atoms with van der Waals surface area (Å²) < 4.78 is 0. The third-order valence-electron chi connectivity index (χ3n) is 3.44. The quantitative estimate of drug-likeness (QED) is 0.850. The molecule has 0 bridgehead atoms. The van der Waals surface area contributed by atoms with Gasteiger partial charge < -0.3 is 10.2 Å². The largest absolute Gasteiger partial charge is 0.370 e. The molecule has 0 aromatic carbocycles. The van der Waals surface area contributed by atoms with Crippen LogP contribution in [0.2, 0.25) is 0 Å². The Morgan fingerprint density at radius 2 is 2.12 bits per heavy atom. The standard InChI is InChI=1S/C13H22N4/c1-3-8-14-12-9-13(16-10-15-12)17(2)11-6-4-5-7-11/h9-11H,3-8H2,1-2H3,(H,14,15,16). The minimum absolute atomic E-state index is 0.656. The predicted octanol–water partition coefficient (Wildman–Crippen LogP) is 2.68. The van der Waals surface area contributed by atoms with Gasteiger partial charge >= 0.3 is 0 Å². The van der Waals surface area contributed by atoms with Crippen molar-refractivity contribution in [3.63, 3.8) is 0 Å². The van der Waals surface area contributed by atoms with Gasteiger partial charge in [-0.2, -0.15) is 0 Å². The Morgan fingerprint density at radius 1 is 1.35 bits per heavy atom. The van der Waals surface area contributed by atoms with Gasteiger partial charge in [-0.3, -0.25) is 0 Å². The van der Waals surface area contributed by atoms with Crippen LogP contribution < -0.4 is 10.2 Å². The van der Waals surface area contributed by atoms with Crippen molar-refractivity contribution in [2.45, 2.75) is 45.1 Å². The van der Waals surface area contributed by atoms with Gasteiger partial charge in [-0.15, -0.1) is 0 Å². The summed E-state index contributed by atoms with van der Waals surface area (Å²) in [5.41, 5.74) is 0. The molecule has 1 aliphatic rings. The molecular weight excluding hydrogens is 212 g/mol. The molecule has 1 heterocycles. The molecule has 1 N–H and O–H groups in total. The van der Waals surface area contributed by atoms with E-state index in [0.29, 0.717) is 6.04 Å². The first kappa shape index (κ1) is 12.1. The van der Waals surface area contributed by atoms with Gasteiger partial charge in [-0.05, 0) is 19.3 Å². The van der Waals surface area contributed by atoms with E-state index in [9.17, 15) is 0 Å². The van der Waals surface area contributed by atoms with Crippen LogP contribution in [-0.2, 0) is 0 Å². The van der Waals surface area contributed by atoms with E-state index in [4.69, 9.17) is 0 Å². The lowest BCUT2D eigenvalue weighted by Crippen LogP contribution is -2.29. The van der Waals surface area contributed by atoms with Crippen LogP contribution in [0.15, 0.2) is 12.4 Å². The minimum Gasteiger partial charge on any atom is -0.370 e. The van der Waals surface area contributed by atoms with Gasteiger partial charge in [0.25, 0.3) is 0 Å². The van der Waals surface area contributed by atoms with Crippen LogP contribution in [0, 0.1) is 0 Å². The Balaban J connectivity index is 2.03. The highest BCUT2D eigenvalue weighted by atomic mass is 15.2. The zero-order valence-corrected chi connectivity index (χ0v) is 10.8. The molecule has 17 heavy (non-hydrogen) atoms. The van der Waals surface area contributed by atoms with Gasteiger partial charge in [0.2, 0.25) is 0 Å². The second kappa shape index (κ2) is 5.84. The predicted molar refractivity (Wildman–Crippen MR) is 71.5 cm³/mol. The number of nitrogens with zero attached hydrogens (tertiary/aromatic N) is 3. The molecule has 1 aliphatic carbocycles. The number of nitrogens with one attached hydrogen (secondary N) is 1. The van der Waals surface area contributed by atoms with Crippen LogP contribution >= 0.6 is 0 Å². The van der Waals surface area contributed by atoms with E-state index in [-0.39, 0.29) is 0 Å². The van der Waals surface area contributed by atoms with E-state index in [2.05, 4.69) is 34.2 Å². The molecule has 0 amide bonds. The Labute approximate surface area is 103 Å². The molecule has 0 radical (unpaired) electrons. The number of hydrogen-bond donors (Lipinski definition) is 1. The van der Waals surface area contributed by atoms with Crippen molar-refractivity contribution in [3.8, 4) is 0 Å². The average Bonchev–Trinajstić information content (AvgIpc) is 2.89. The zero-order valence-electron chi connectivity index (χ0n) is 10.8. The van der Waals surface area contributed by atoms with E-state index in [0.717, 1.165) is 24.6 Å². The maximum Gasteiger partial charge on any atom is 0.134 e. The fraction of sp³-hybridized carbons (Fsp3) is 0.692. The molecule has 1 aromatic rings. The van der Waals surface area contributed by atoms with Gasteiger partial charge in [0.1, 0.15) is 18.0 Å². The molecular formula is C13H22N4. The molecule has 1 saturated carbocycles. The molecule has 4 nitrogen and oxygen atoms in total. The maximum absolute atomic E-state index is 4.37. The van der Waals surface area contributed by atoms with Gasteiger partial charge in [-0.25, -0.2) is 9.97 Å². The van der Waals surface area contributed by atoms with Gasteiger partial charge in [0, 0.05) is 25.7 Å². The summed E-state index contributed by atoms with van der Waals surface area (Å²) in [5.74, 6) is 1.97. The van der Waals surface area contributed by atoms with Crippen LogP contribution in [0.3, 0.4) is 0 Å². The third-order valence-corrected chi connectivity index (χ3v) is 3.44. The van der Waals surface area contributed by atoms with Crippen LogP contribution in [0.4, 0.5) is 11.6 Å². The molecule has 0 spiro atoms. The Hall–Kier alpha value is -1.32. The first-order valence-corrected chi connectivity index (χ1v) is 6.60. The van der Waals surface area contributed by atoms with Crippen molar-refractivity contribution in [2.24, 2.45) is 0 Å². The topological polar surface area (TPSA) is 41.0 Å². The lowest BCUT2D eigenvalue weighted by atomic mass is 10.2. The van der Waals surface area contributed by atoms with Crippen molar-refractivity contribution in [1.29, 1.82) is 0 Å². The molecule has 1 aromatic heterocycles. The number of aromatic nitrogens is 2. The summed E-state index contributed by atoms with van der Waals surface area (Å²) in [5, 5.41) is 3.30. The Bertz CT molecular complexity index is 347. The van der Waals surface area contributed by atoms with Gasteiger partial charge in [-0.1, -0.05) is 19.8 Å². The molecule has 4 heteroatoms. The second-order valence-electron chi connectivity index (χ2n) is 4.74. The average molecular weight is 234 g/mol. The summed E-state index contributed by atoms with van der Waals surface area (Å²) in [4.78, 5) is 10.9. The van der Waals surface area contributed by atoms with Crippen molar-refractivity contribution in [1.82, 2.24) is 9.97 Å². The molecule has 0 saturated heterocycles. The fourth-order valence-corrected chi connectivity index (χ4v) is 2.37. The third kappa shape index (κ3) is 3.08. The van der Waals surface area contributed by atoms with Crippen molar-refractivity contribution in [2.75, 3.05) is 23.8 Å². The molecule has 0 atom stereocenters. The monoisotopic (exact) mass is 234 g/mol. The van der Waals surface area contributed by atoms with Crippen LogP contribution in [0.5, 0.6) is 0 Å². The lowest BCUT2D eigenvalue weighted by molar-refractivity contribution is 0.646. The summed E-state index contributed by atoms with van der Waals surface area (Å²) in [6.45, 7) is 3.11. The van der Waals surface area contributed by atoms with Crippen molar-refractivity contribution >= 4 is 11.6 Å². The van der Waals surface area contributed by atoms with E-state index in [1.54, 1.807) is 6.33 Å². The van der Waals surface area contributed by atoms with E-state index in [1.807, 2.05) is 6.07 Å².